The molecule has 0 radical (unpaired) electrons. The number of aliphatic hydroxyl groups excluding tert-OH is 1. The van der Waals surface area contributed by atoms with Gasteiger partial charge in [-0.1, -0.05) is 12.1 Å². The number of methoxy groups -OCH3 is 1. The van der Waals surface area contributed by atoms with Gasteiger partial charge in [-0.15, -0.1) is 0 Å². The van der Waals surface area contributed by atoms with Crippen LogP contribution in [0.1, 0.15) is 15.9 Å². The predicted molar refractivity (Wildman–Crippen MR) is 108 cm³/mol. The van der Waals surface area contributed by atoms with E-state index in [4.69, 9.17) is 15.2 Å². The van der Waals surface area contributed by atoms with Crippen LogP contribution in [0.5, 0.6) is 11.6 Å². The monoisotopic (exact) mass is 418 g/mol. The van der Waals surface area contributed by atoms with Crippen LogP contribution in [0.4, 0.5) is 4.79 Å². The molecule has 2 aromatic rings. The summed E-state index contributed by atoms with van der Waals surface area (Å²) in [6, 6.07) is 10.3. The highest BCUT2D eigenvalue weighted by Gasteiger charge is 2.06. The number of rotatable bonds is 12. The second-order valence-electron chi connectivity index (χ2n) is 6.26. The summed E-state index contributed by atoms with van der Waals surface area (Å²) in [5, 5.41) is 15.6. The number of ether oxygens (including phenoxy) is 3. The summed E-state index contributed by atoms with van der Waals surface area (Å²) >= 11 is 0. The van der Waals surface area contributed by atoms with Gasteiger partial charge in [-0.05, 0) is 23.8 Å². The van der Waals surface area contributed by atoms with Gasteiger partial charge in [0.15, 0.2) is 0 Å². The lowest BCUT2D eigenvalue weighted by Gasteiger charge is -2.14. The van der Waals surface area contributed by atoms with Gasteiger partial charge in [0.1, 0.15) is 25.1 Å². The summed E-state index contributed by atoms with van der Waals surface area (Å²) in [4.78, 5) is 26.0. The Balaban J connectivity index is 1.58. The van der Waals surface area contributed by atoms with Crippen molar-refractivity contribution in [1.82, 2.24) is 15.6 Å². The van der Waals surface area contributed by atoms with E-state index in [-0.39, 0.29) is 6.61 Å². The Hall–Kier alpha value is -3.37. The fourth-order valence-electron chi connectivity index (χ4n) is 2.31. The van der Waals surface area contributed by atoms with Crippen LogP contribution in [-0.4, -0.2) is 61.6 Å². The zero-order valence-corrected chi connectivity index (χ0v) is 16.7. The van der Waals surface area contributed by atoms with E-state index in [9.17, 15) is 14.7 Å². The van der Waals surface area contributed by atoms with Gasteiger partial charge in [-0.2, -0.15) is 0 Å². The summed E-state index contributed by atoms with van der Waals surface area (Å²) < 4.78 is 15.5. The van der Waals surface area contributed by atoms with Crippen molar-refractivity contribution in [2.45, 2.75) is 12.6 Å². The summed E-state index contributed by atoms with van der Waals surface area (Å²) in [5.41, 5.74) is 6.36. The van der Waals surface area contributed by atoms with Crippen molar-refractivity contribution in [3.05, 3.63) is 53.7 Å². The van der Waals surface area contributed by atoms with Crippen molar-refractivity contribution in [2.75, 3.05) is 33.4 Å². The number of nitrogens with two attached hydrogens (primary N) is 1. The molecule has 2 amide bonds. The highest BCUT2D eigenvalue weighted by Crippen LogP contribution is 2.12. The molecule has 1 aromatic carbocycles. The van der Waals surface area contributed by atoms with E-state index in [2.05, 4.69) is 20.4 Å². The van der Waals surface area contributed by atoms with Crippen molar-refractivity contribution >= 4 is 12.0 Å². The average Bonchev–Trinajstić information content (AvgIpc) is 2.76. The number of carbonyl (C=O) groups excluding carboxylic acids is 2. The van der Waals surface area contributed by atoms with Crippen LogP contribution in [0.3, 0.4) is 0 Å². The smallest absolute Gasteiger partial charge is 0.407 e. The molecule has 0 aliphatic heterocycles. The Labute approximate surface area is 174 Å². The van der Waals surface area contributed by atoms with Crippen LogP contribution in [0.25, 0.3) is 0 Å². The number of nitrogens with one attached hydrogen (secondary N) is 2. The third kappa shape index (κ3) is 8.33. The highest BCUT2D eigenvalue weighted by atomic mass is 16.5. The van der Waals surface area contributed by atoms with E-state index >= 15 is 0 Å². The molecule has 0 bridgehead atoms. The Kier molecular flexibility index (Phi) is 9.35. The van der Waals surface area contributed by atoms with Crippen molar-refractivity contribution in [1.29, 1.82) is 0 Å². The van der Waals surface area contributed by atoms with Gasteiger partial charge in [0, 0.05) is 31.9 Å². The van der Waals surface area contributed by atoms with Gasteiger partial charge < -0.3 is 35.7 Å². The van der Waals surface area contributed by atoms with Gasteiger partial charge in [0.25, 0.3) is 0 Å². The molecule has 1 aromatic heterocycles. The van der Waals surface area contributed by atoms with E-state index in [0.29, 0.717) is 43.4 Å². The second kappa shape index (κ2) is 12.2. The van der Waals surface area contributed by atoms with Gasteiger partial charge in [0.05, 0.1) is 12.7 Å². The zero-order valence-electron chi connectivity index (χ0n) is 16.7. The predicted octanol–water partition coefficient (Wildman–Crippen LogP) is 0.445. The van der Waals surface area contributed by atoms with Crippen molar-refractivity contribution < 1.29 is 28.9 Å². The molecule has 1 atom stereocenters. The molecule has 0 saturated heterocycles. The minimum absolute atomic E-state index is 0.129. The number of aliphatic hydroxyl groups is 1. The number of amides is 2. The lowest BCUT2D eigenvalue weighted by atomic mass is 10.2. The normalized spacial score (nSPS) is 11.4. The minimum Gasteiger partial charge on any atom is -0.491 e. The third-order valence-corrected chi connectivity index (χ3v) is 3.92. The number of alkyl carbamates (subject to hydrolysis) is 1. The SMILES string of the molecule is COC(=O)NCc1ccc(OCC(O)CNCCOc2ccc(C(N)=O)cn2)cc1. The number of hydrogen-bond donors (Lipinski definition) is 4. The molecule has 1 heterocycles. The van der Waals surface area contributed by atoms with Gasteiger partial charge in [0.2, 0.25) is 11.8 Å². The molecule has 0 aliphatic rings. The van der Waals surface area contributed by atoms with Gasteiger partial charge in [-0.25, -0.2) is 9.78 Å². The average molecular weight is 418 g/mol. The number of aromatic nitrogens is 1. The lowest BCUT2D eigenvalue weighted by Crippen LogP contribution is -2.33. The first-order valence-electron chi connectivity index (χ1n) is 9.29. The molecule has 10 nitrogen and oxygen atoms in total. The van der Waals surface area contributed by atoms with Crippen LogP contribution >= 0.6 is 0 Å². The van der Waals surface area contributed by atoms with Crippen LogP contribution in [0, 0.1) is 0 Å². The van der Waals surface area contributed by atoms with Crippen molar-refractivity contribution in [2.24, 2.45) is 5.73 Å². The molecule has 2 rings (SSSR count). The maximum Gasteiger partial charge on any atom is 0.407 e. The van der Waals surface area contributed by atoms with E-state index in [1.807, 2.05) is 12.1 Å². The van der Waals surface area contributed by atoms with Crippen LogP contribution in [0.15, 0.2) is 42.6 Å². The van der Waals surface area contributed by atoms with Crippen LogP contribution in [0.2, 0.25) is 0 Å². The van der Waals surface area contributed by atoms with E-state index in [1.165, 1.54) is 13.3 Å². The molecule has 10 heteroatoms. The number of hydrogen-bond acceptors (Lipinski definition) is 8. The quantitative estimate of drug-likeness (QED) is 0.364. The van der Waals surface area contributed by atoms with E-state index in [0.717, 1.165) is 5.56 Å². The summed E-state index contributed by atoms with van der Waals surface area (Å²) in [5.74, 6) is 0.457. The fourth-order valence-corrected chi connectivity index (χ4v) is 2.31. The Bertz CT molecular complexity index is 798. The first-order valence-corrected chi connectivity index (χ1v) is 9.29. The van der Waals surface area contributed by atoms with E-state index in [1.54, 1.807) is 24.3 Å². The Morgan fingerprint density at radius 2 is 1.93 bits per heavy atom. The Morgan fingerprint density at radius 1 is 1.17 bits per heavy atom. The van der Waals surface area contributed by atoms with Crippen LogP contribution < -0.4 is 25.8 Å². The van der Waals surface area contributed by atoms with Gasteiger partial charge in [-0.3, -0.25) is 4.79 Å². The molecule has 30 heavy (non-hydrogen) atoms. The fraction of sp³-hybridized carbons (Fsp3) is 0.350. The third-order valence-electron chi connectivity index (χ3n) is 3.92. The highest BCUT2D eigenvalue weighted by molar-refractivity contribution is 5.92. The Morgan fingerprint density at radius 3 is 2.57 bits per heavy atom. The second-order valence-corrected chi connectivity index (χ2v) is 6.26. The minimum atomic E-state index is -0.696. The lowest BCUT2D eigenvalue weighted by molar-refractivity contribution is 0.0999. The molecule has 5 N–H and O–H groups in total. The summed E-state index contributed by atoms with van der Waals surface area (Å²) in [7, 11) is 1.31. The molecular formula is C20H26N4O6. The zero-order chi connectivity index (χ0) is 21.8. The van der Waals surface area contributed by atoms with Crippen LogP contribution in [-0.2, 0) is 11.3 Å². The molecule has 0 aliphatic carbocycles. The van der Waals surface area contributed by atoms with E-state index < -0.39 is 18.1 Å². The molecule has 1 unspecified atom stereocenters. The maximum atomic E-state index is 11.0. The summed E-state index contributed by atoms with van der Waals surface area (Å²) in [6.07, 6.45) is 0.168. The number of primary amides is 1. The van der Waals surface area contributed by atoms with Crippen molar-refractivity contribution in [3.63, 3.8) is 0 Å². The molecule has 0 spiro atoms. The van der Waals surface area contributed by atoms with Crippen molar-refractivity contribution in [3.8, 4) is 11.6 Å². The standard InChI is InChI=1S/C20H26N4O6/c1-28-20(27)24-10-14-2-5-17(6-3-14)30-13-16(25)12-22-8-9-29-18-7-4-15(11-23-18)19(21)26/h2-7,11,16,22,25H,8-10,12-13H2,1H3,(H2,21,26)(H,24,27). The number of nitrogens with zero attached hydrogens (tertiary/aromatic N) is 1. The number of pyridine rings is 1. The number of carbonyl (C=O) groups is 2. The summed E-state index contributed by atoms with van der Waals surface area (Å²) in [6.45, 7) is 1.66. The number of benzene rings is 1. The molecule has 0 saturated carbocycles. The topological polar surface area (TPSA) is 145 Å². The molecular weight excluding hydrogens is 392 g/mol. The first-order chi connectivity index (χ1) is 14.5. The molecule has 162 valence electrons. The largest absolute Gasteiger partial charge is 0.491 e. The maximum absolute atomic E-state index is 11.0. The molecule has 0 fully saturated rings. The first kappa shape index (κ1) is 22.9. The van der Waals surface area contributed by atoms with Gasteiger partial charge >= 0.3 is 6.09 Å².